The molecular weight excluding hydrogens is 424 g/mol. The number of methoxy groups -OCH3 is 1. The van der Waals surface area contributed by atoms with Gasteiger partial charge in [0.05, 0.1) is 12.1 Å². The molecule has 29 heavy (non-hydrogen) atoms. The van der Waals surface area contributed by atoms with Crippen molar-refractivity contribution in [2.75, 3.05) is 18.6 Å². The number of aromatic nitrogens is 2. The zero-order chi connectivity index (χ0) is 21.1. The number of H-pyrrole nitrogens is 1. The van der Waals surface area contributed by atoms with E-state index >= 15 is 0 Å². The van der Waals surface area contributed by atoms with Crippen molar-refractivity contribution in [3.63, 3.8) is 0 Å². The Labute approximate surface area is 174 Å². The molecule has 0 bridgehead atoms. The molecule has 0 saturated carbocycles. The number of aromatic amines is 1. The second kappa shape index (κ2) is 8.46. The molecule has 8 nitrogen and oxygen atoms in total. The third kappa shape index (κ3) is 4.64. The van der Waals surface area contributed by atoms with Crippen LogP contribution in [-0.4, -0.2) is 23.0 Å². The standard InChI is InChI=1S/C18H16Cl2FN5O3/c1-28-10-4-9(22)5-11(6-10)29-15-12(19)3-2-8(13(15)21)7-24-17(27)14-16(20)26-18(23)25-14/h2-6H,7,22H2,1H3,(H,24,27)(H3,23,25,26). The molecule has 1 heterocycles. The number of nitrogens with one attached hydrogen (secondary N) is 2. The fourth-order valence-electron chi connectivity index (χ4n) is 2.47. The van der Waals surface area contributed by atoms with E-state index in [9.17, 15) is 9.18 Å². The number of ether oxygens (including phenoxy) is 2. The predicted octanol–water partition coefficient (Wildman–Crippen LogP) is 3.75. The molecule has 6 N–H and O–H groups in total. The maximum Gasteiger partial charge on any atom is 0.273 e. The molecule has 1 amide bonds. The highest BCUT2D eigenvalue weighted by atomic mass is 35.5. The van der Waals surface area contributed by atoms with E-state index in [1.165, 1.54) is 31.4 Å². The minimum absolute atomic E-state index is 0.00827. The van der Waals surface area contributed by atoms with Crippen LogP contribution in [0, 0.1) is 5.82 Å². The second-order valence-electron chi connectivity index (χ2n) is 5.86. The molecule has 0 unspecified atom stereocenters. The van der Waals surface area contributed by atoms with Crippen LogP contribution in [0.4, 0.5) is 16.0 Å². The fourth-order valence-corrected chi connectivity index (χ4v) is 2.88. The highest BCUT2D eigenvalue weighted by Crippen LogP contribution is 2.36. The summed E-state index contributed by atoms with van der Waals surface area (Å²) in [7, 11) is 1.47. The first kappa shape index (κ1) is 20.6. The average Bonchev–Trinajstić information content (AvgIpc) is 3.02. The van der Waals surface area contributed by atoms with Crippen LogP contribution in [0.1, 0.15) is 16.1 Å². The Hall–Kier alpha value is -3.17. The van der Waals surface area contributed by atoms with Gasteiger partial charge >= 0.3 is 0 Å². The van der Waals surface area contributed by atoms with Crippen molar-refractivity contribution in [3.8, 4) is 17.2 Å². The molecule has 1 aromatic heterocycles. The maximum atomic E-state index is 14.9. The molecule has 2 aromatic carbocycles. The average molecular weight is 440 g/mol. The summed E-state index contributed by atoms with van der Waals surface area (Å²) in [6.45, 7) is -0.165. The fraction of sp³-hybridized carbons (Fsp3) is 0.111. The number of carbonyl (C=O) groups is 1. The topological polar surface area (TPSA) is 128 Å². The molecule has 0 saturated heterocycles. The summed E-state index contributed by atoms with van der Waals surface area (Å²) in [5, 5.41) is 2.53. The highest BCUT2D eigenvalue weighted by Gasteiger charge is 2.19. The van der Waals surface area contributed by atoms with Crippen LogP contribution in [0.5, 0.6) is 17.2 Å². The van der Waals surface area contributed by atoms with Crippen molar-refractivity contribution >= 4 is 40.7 Å². The zero-order valence-corrected chi connectivity index (χ0v) is 16.6. The quantitative estimate of drug-likeness (QED) is 0.432. The van der Waals surface area contributed by atoms with Gasteiger partial charge in [-0.2, -0.15) is 0 Å². The Morgan fingerprint density at radius 1 is 1.24 bits per heavy atom. The van der Waals surface area contributed by atoms with E-state index in [4.69, 9.17) is 44.1 Å². The Kier molecular flexibility index (Phi) is 6.00. The number of nitrogens with two attached hydrogens (primary N) is 2. The SMILES string of the molecule is COc1cc(N)cc(Oc2c(Cl)ccc(CNC(=O)c3nc(N)[nH]c3Cl)c2F)c1. The van der Waals surface area contributed by atoms with Gasteiger partial charge in [-0.15, -0.1) is 0 Å². The summed E-state index contributed by atoms with van der Waals surface area (Å²) in [5.74, 6) is -0.913. The van der Waals surface area contributed by atoms with Crippen molar-refractivity contribution in [3.05, 3.63) is 57.6 Å². The molecule has 0 aliphatic carbocycles. The van der Waals surface area contributed by atoms with Crippen LogP contribution in [0.2, 0.25) is 10.2 Å². The molecule has 0 aliphatic heterocycles. The van der Waals surface area contributed by atoms with Crippen LogP contribution >= 0.6 is 23.2 Å². The molecule has 0 radical (unpaired) electrons. The Morgan fingerprint density at radius 3 is 2.62 bits per heavy atom. The number of amides is 1. The monoisotopic (exact) mass is 439 g/mol. The smallest absolute Gasteiger partial charge is 0.273 e. The number of nitrogen functional groups attached to an aromatic ring is 2. The summed E-state index contributed by atoms with van der Waals surface area (Å²) >= 11 is 11.9. The van der Waals surface area contributed by atoms with Crippen molar-refractivity contribution < 1.29 is 18.7 Å². The largest absolute Gasteiger partial charge is 0.497 e. The highest BCUT2D eigenvalue weighted by molar-refractivity contribution is 6.32. The van der Waals surface area contributed by atoms with E-state index in [1.807, 2.05) is 0 Å². The summed E-state index contributed by atoms with van der Waals surface area (Å²) in [5.41, 5.74) is 11.6. The third-order valence-corrected chi connectivity index (χ3v) is 4.39. The number of benzene rings is 2. The molecule has 3 rings (SSSR count). The van der Waals surface area contributed by atoms with Crippen molar-refractivity contribution in [1.82, 2.24) is 15.3 Å². The van der Waals surface area contributed by atoms with Crippen LogP contribution < -0.4 is 26.3 Å². The molecule has 152 valence electrons. The lowest BCUT2D eigenvalue weighted by molar-refractivity contribution is 0.0946. The van der Waals surface area contributed by atoms with Gasteiger partial charge in [-0.1, -0.05) is 29.3 Å². The van der Waals surface area contributed by atoms with Gasteiger partial charge < -0.3 is 31.2 Å². The van der Waals surface area contributed by atoms with Gasteiger partial charge in [-0.25, -0.2) is 9.37 Å². The molecule has 3 aromatic rings. The first-order valence-corrected chi connectivity index (χ1v) is 8.92. The van der Waals surface area contributed by atoms with E-state index in [-0.39, 0.29) is 45.4 Å². The number of hydrogen-bond donors (Lipinski definition) is 4. The number of rotatable bonds is 6. The third-order valence-electron chi connectivity index (χ3n) is 3.82. The van der Waals surface area contributed by atoms with E-state index in [0.717, 1.165) is 0 Å². The van der Waals surface area contributed by atoms with Crippen LogP contribution in [0.15, 0.2) is 30.3 Å². The Morgan fingerprint density at radius 2 is 1.97 bits per heavy atom. The van der Waals surface area contributed by atoms with E-state index in [1.54, 1.807) is 6.07 Å². The second-order valence-corrected chi connectivity index (χ2v) is 6.65. The number of anilines is 2. The summed E-state index contributed by atoms with van der Waals surface area (Å²) in [6, 6.07) is 7.49. The number of halogens is 3. The lowest BCUT2D eigenvalue weighted by Gasteiger charge is -2.13. The zero-order valence-electron chi connectivity index (χ0n) is 15.1. The number of hydrogen-bond acceptors (Lipinski definition) is 6. The predicted molar refractivity (Wildman–Crippen MR) is 108 cm³/mol. The van der Waals surface area contributed by atoms with Crippen molar-refractivity contribution in [1.29, 1.82) is 0 Å². The lowest BCUT2D eigenvalue weighted by Crippen LogP contribution is -2.24. The Balaban J connectivity index is 1.81. The summed E-state index contributed by atoms with van der Waals surface area (Å²) < 4.78 is 25.6. The van der Waals surface area contributed by atoms with Gasteiger partial charge in [0, 0.05) is 36.0 Å². The number of imidazole rings is 1. The molecule has 0 spiro atoms. The van der Waals surface area contributed by atoms with E-state index < -0.39 is 11.7 Å². The summed E-state index contributed by atoms with van der Waals surface area (Å²) in [4.78, 5) is 18.4. The molecular formula is C18H16Cl2FN5O3. The number of nitrogens with zero attached hydrogens (tertiary/aromatic N) is 1. The van der Waals surface area contributed by atoms with E-state index in [2.05, 4.69) is 15.3 Å². The minimum Gasteiger partial charge on any atom is -0.497 e. The van der Waals surface area contributed by atoms with Gasteiger partial charge in [0.1, 0.15) is 16.7 Å². The van der Waals surface area contributed by atoms with Crippen LogP contribution in [0.3, 0.4) is 0 Å². The molecule has 0 atom stereocenters. The van der Waals surface area contributed by atoms with Crippen LogP contribution in [0.25, 0.3) is 0 Å². The van der Waals surface area contributed by atoms with Gasteiger partial charge in [-0.3, -0.25) is 4.79 Å². The Bertz CT molecular complexity index is 1070. The molecule has 0 aliphatic rings. The molecule has 11 heteroatoms. The summed E-state index contributed by atoms with van der Waals surface area (Å²) in [6.07, 6.45) is 0. The normalized spacial score (nSPS) is 10.6. The van der Waals surface area contributed by atoms with Crippen molar-refractivity contribution in [2.45, 2.75) is 6.54 Å². The number of carbonyl (C=O) groups excluding carboxylic acids is 1. The van der Waals surface area contributed by atoms with Crippen LogP contribution in [-0.2, 0) is 6.54 Å². The first-order chi connectivity index (χ1) is 13.8. The lowest BCUT2D eigenvalue weighted by atomic mass is 10.2. The maximum absolute atomic E-state index is 14.9. The molecule has 0 fully saturated rings. The first-order valence-electron chi connectivity index (χ1n) is 8.17. The van der Waals surface area contributed by atoms with Gasteiger partial charge in [0.2, 0.25) is 0 Å². The minimum atomic E-state index is -0.744. The van der Waals surface area contributed by atoms with Gasteiger partial charge in [0.25, 0.3) is 5.91 Å². The van der Waals surface area contributed by atoms with Crippen molar-refractivity contribution in [2.24, 2.45) is 0 Å². The van der Waals surface area contributed by atoms with E-state index in [0.29, 0.717) is 11.4 Å². The van der Waals surface area contributed by atoms with Gasteiger partial charge in [-0.05, 0) is 6.07 Å². The van der Waals surface area contributed by atoms with Gasteiger partial charge in [0.15, 0.2) is 23.2 Å².